The molecule has 9 heteroatoms. The maximum atomic E-state index is 12.5. The van der Waals surface area contributed by atoms with Crippen LogP contribution in [0.2, 0.25) is 0 Å². The molecule has 0 unspecified atom stereocenters. The van der Waals surface area contributed by atoms with Gasteiger partial charge < -0.3 is 20.5 Å². The molecule has 3 N–H and O–H groups in total. The number of thiophene rings is 1. The standard InChI is InChI=1S/C22H27N3O4S.ClH/c1-4-10-25-11-9-15-18(13-25)30-22(20(15)21(23)27)24-19(26)8-6-14-5-7-16(28-2)17(12-14)29-3;/h5-8,12H,4,9-11,13H2,1-3H3,(H2,23,27)(H,24,26);1H/b8-6+;. The van der Waals surface area contributed by atoms with E-state index in [1.807, 2.05) is 6.07 Å². The number of benzene rings is 1. The van der Waals surface area contributed by atoms with Gasteiger partial charge in [0.1, 0.15) is 5.00 Å². The number of primary amides is 1. The highest BCUT2D eigenvalue weighted by molar-refractivity contribution is 7.17. The Labute approximate surface area is 192 Å². The van der Waals surface area contributed by atoms with Crippen LogP contribution in [0.1, 0.15) is 39.7 Å². The van der Waals surface area contributed by atoms with E-state index >= 15 is 0 Å². The monoisotopic (exact) mass is 465 g/mol. The molecule has 2 amide bonds. The van der Waals surface area contributed by atoms with Crippen LogP contribution in [0.25, 0.3) is 6.08 Å². The van der Waals surface area contributed by atoms with E-state index in [-0.39, 0.29) is 18.3 Å². The Morgan fingerprint density at radius 3 is 2.65 bits per heavy atom. The summed E-state index contributed by atoms with van der Waals surface area (Å²) in [4.78, 5) is 28.0. The van der Waals surface area contributed by atoms with Crippen molar-refractivity contribution in [1.29, 1.82) is 0 Å². The van der Waals surface area contributed by atoms with Crippen molar-refractivity contribution >= 4 is 46.6 Å². The lowest BCUT2D eigenvalue weighted by atomic mass is 10.0. The van der Waals surface area contributed by atoms with Crippen LogP contribution in [0.15, 0.2) is 24.3 Å². The normalized spacial score (nSPS) is 13.4. The molecule has 2 aromatic rings. The van der Waals surface area contributed by atoms with E-state index in [1.165, 1.54) is 17.4 Å². The van der Waals surface area contributed by atoms with Gasteiger partial charge in [-0.3, -0.25) is 14.5 Å². The van der Waals surface area contributed by atoms with Crippen LogP contribution < -0.4 is 20.5 Å². The van der Waals surface area contributed by atoms with Gasteiger partial charge in [0.2, 0.25) is 5.91 Å². The molecule has 1 aliphatic heterocycles. The number of nitrogens with one attached hydrogen (secondary N) is 1. The summed E-state index contributed by atoms with van der Waals surface area (Å²) in [5.41, 5.74) is 7.84. The zero-order chi connectivity index (χ0) is 21.7. The predicted octanol–water partition coefficient (Wildman–Crippen LogP) is 3.71. The van der Waals surface area contributed by atoms with Gasteiger partial charge in [-0.2, -0.15) is 0 Å². The van der Waals surface area contributed by atoms with E-state index in [4.69, 9.17) is 15.2 Å². The van der Waals surface area contributed by atoms with Crippen LogP contribution in [0.5, 0.6) is 11.5 Å². The SMILES string of the molecule is CCCN1CCc2c(sc(NC(=O)/C=C/c3ccc(OC)c(OC)c3)c2C(N)=O)C1.Cl. The molecule has 0 spiro atoms. The second-order valence-corrected chi connectivity index (χ2v) is 8.14. The highest BCUT2D eigenvalue weighted by Gasteiger charge is 2.27. The van der Waals surface area contributed by atoms with E-state index in [2.05, 4.69) is 17.1 Å². The average Bonchev–Trinajstić information content (AvgIpc) is 3.09. The summed E-state index contributed by atoms with van der Waals surface area (Å²) in [5, 5.41) is 3.36. The zero-order valence-electron chi connectivity index (χ0n) is 17.9. The molecule has 0 bridgehead atoms. The number of carbonyl (C=O) groups excluding carboxylic acids is 2. The lowest BCUT2D eigenvalue weighted by Gasteiger charge is -2.26. The van der Waals surface area contributed by atoms with Crippen LogP contribution in [0.4, 0.5) is 5.00 Å². The average molecular weight is 466 g/mol. The molecule has 2 heterocycles. The second kappa shape index (κ2) is 11.2. The van der Waals surface area contributed by atoms with E-state index in [1.54, 1.807) is 32.4 Å². The Morgan fingerprint density at radius 2 is 2.00 bits per heavy atom. The molecule has 7 nitrogen and oxygen atoms in total. The molecule has 3 rings (SSSR count). The second-order valence-electron chi connectivity index (χ2n) is 7.04. The van der Waals surface area contributed by atoms with Gasteiger partial charge in [-0.05, 0) is 48.7 Å². The molecule has 0 aliphatic carbocycles. The smallest absolute Gasteiger partial charge is 0.251 e. The third kappa shape index (κ3) is 5.78. The predicted molar refractivity (Wildman–Crippen MR) is 127 cm³/mol. The van der Waals surface area contributed by atoms with Gasteiger partial charge in [0, 0.05) is 24.0 Å². The molecule has 0 saturated carbocycles. The minimum Gasteiger partial charge on any atom is -0.493 e. The lowest BCUT2D eigenvalue weighted by molar-refractivity contribution is -0.111. The maximum absolute atomic E-state index is 12.5. The molecule has 0 radical (unpaired) electrons. The number of ether oxygens (including phenoxy) is 2. The maximum Gasteiger partial charge on any atom is 0.251 e. The van der Waals surface area contributed by atoms with Crippen molar-refractivity contribution in [2.75, 3.05) is 32.6 Å². The van der Waals surface area contributed by atoms with Gasteiger partial charge in [-0.1, -0.05) is 13.0 Å². The number of nitrogens with two attached hydrogens (primary N) is 1. The van der Waals surface area contributed by atoms with Crippen molar-refractivity contribution in [1.82, 2.24) is 4.90 Å². The summed E-state index contributed by atoms with van der Waals surface area (Å²) in [5.74, 6) is 0.372. The summed E-state index contributed by atoms with van der Waals surface area (Å²) in [7, 11) is 3.13. The lowest BCUT2D eigenvalue weighted by Crippen LogP contribution is -2.31. The van der Waals surface area contributed by atoms with Crippen LogP contribution in [-0.2, 0) is 17.8 Å². The first-order chi connectivity index (χ1) is 14.5. The van der Waals surface area contributed by atoms with Gasteiger partial charge >= 0.3 is 0 Å². The van der Waals surface area contributed by atoms with Gasteiger partial charge in [-0.25, -0.2) is 0 Å². The van der Waals surface area contributed by atoms with Gasteiger partial charge in [0.25, 0.3) is 5.91 Å². The third-order valence-corrected chi connectivity index (χ3v) is 6.13. The molecule has 0 saturated heterocycles. The Kier molecular flexibility index (Phi) is 8.91. The highest BCUT2D eigenvalue weighted by Crippen LogP contribution is 2.37. The molecule has 1 aliphatic rings. The molecule has 31 heavy (non-hydrogen) atoms. The first kappa shape index (κ1) is 24.7. The Morgan fingerprint density at radius 1 is 1.26 bits per heavy atom. The fraction of sp³-hybridized carbons (Fsp3) is 0.364. The van der Waals surface area contributed by atoms with Crippen molar-refractivity contribution < 1.29 is 19.1 Å². The number of halogens is 1. The number of anilines is 1. The number of carbonyl (C=O) groups is 2. The first-order valence-corrected chi connectivity index (χ1v) is 10.7. The summed E-state index contributed by atoms with van der Waals surface area (Å²) in [6, 6.07) is 5.38. The van der Waals surface area contributed by atoms with Gasteiger partial charge in [0.15, 0.2) is 11.5 Å². The number of amides is 2. The molecule has 0 atom stereocenters. The van der Waals surface area contributed by atoms with Crippen LogP contribution >= 0.6 is 23.7 Å². The Hall–Kier alpha value is -2.55. The Bertz CT molecular complexity index is 974. The third-order valence-electron chi connectivity index (χ3n) is 4.99. The Balaban J connectivity index is 0.00000341. The molecule has 168 valence electrons. The van der Waals surface area contributed by atoms with Crippen LogP contribution in [0.3, 0.4) is 0 Å². The fourth-order valence-corrected chi connectivity index (χ4v) is 4.89. The summed E-state index contributed by atoms with van der Waals surface area (Å²) >= 11 is 1.44. The molecular weight excluding hydrogens is 438 g/mol. The van der Waals surface area contributed by atoms with Crippen LogP contribution in [0, 0.1) is 0 Å². The topological polar surface area (TPSA) is 93.9 Å². The molecule has 0 fully saturated rings. The fourth-order valence-electron chi connectivity index (χ4n) is 3.59. The van der Waals surface area contributed by atoms with Crippen LogP contribution in [-0.4, -0.2) is 44.0 Å². The highest BCUT2D eigenvalue weighted by atomic mass is 35.5. The van der Waals surface area contributed by atoms with E-state index in [0.717, 1.165) is 48.5 Å². The minimum absolute atomic E-state index is 0. The zero-order valence-corrected chi connectivity index (χ0v) is 19.5. The summed E-state index contributed by atoms with van der Waals surface area (Å²) in [6.07, 6.45) is 4.95. The molecular formula is C22H28ClN3O4S. The minimum atomic E-state index is -0.504. The summed E-state index contributed by atoms with van der Waals surface area (Å²) < 4.78 is 10.5. The van der Waals surface area contributed by atoms with E-state index < -0.39 is 5.91 Å². The number of rotatable bonds is 8. The van der Waals surface area contributed by atoms with E-state index in [0.29, 0.717) is 22.1 Å². The molecule has 1 aromatic heterocycles. The first-order valence-electron chi connectivity index (χ1n) is 9.84. The van der Waals surface area contributed by atoms with E-state index in [9.17, 15) is 9.59 Å². The number of hydrogen-bond donors (Lipinski definition) is 2. The quantitative estimate of drug-likeness (QED) is 0.579. The van der Waals surface area contributed by atoms with Crippen molar-refractivity contribution in [3.05, 3.63) is 45.8 Å². The number of nitrogens with zero attached hydrogens (tertiary/aromatic N) is 1. The van der Waals surface area contributed by atoms with Crippen molar-refractivity contribution in [3.63, 3.8) is 0 Å². The van der Waals surface area contributed by atoms with Crippen molar-refractivity contribution in [3.8, 4) is 11.5 Å². The van der Waals surface area contributed by atoms with Gasteiger partial charge in [0.05, 0.1) is 19.8 Å². The number of methoxy groups -OCH3 is 2. The summed E-state index contributed by atoms with van der Waals surface area (Å²) in [6.45, 7) is 4.84. The van der Waals surface area contributed by atoms with Crippen molar-refractivity contribution in [2.24, 2.45) is 5.73 Å². The van der Waals surface area contributed by atoms with Gasteiger partial charge in [-0.15, -0.1) is 23.7 Å². The molecule has 1 aromatic carbocycles. The number of fused-ring (bicyclic) bond motifs is 1. The van der Waals surface area contributed by atoms with Crippen molar-refractivity contribution in [2.45, 2.75) is 26.3 Å². The number of hydrogen-bond acceptors (Lipinski definition) is 6. The largest absolute Gasteiger partial charge is 0.493 e.